The zero-order valence-electron chi connectivity index (χ0n) is 16.1. The van der Waals surface area contributed by atoms with E-state index in [9.17, 15) is 0 Å². The molecule has 2 heterocycles. The van der Waals surface area contributed by atoms with Crippen LogP contribution in [-0.4, -0.2) is 35.7 Å². The van der Waals surface area contributed by atoms with Gasteiger partial charge in [-0.3, -0.25) is 0 Å². The third-order valence-corrected chi connectivity index (χ3v) is 5.12. The first-order valence-corrected chi connectivity index (χ1v) is 9.73. The van der Waals surface area contributed by atoms with E-state index in [-0.39, 0.29) is 0 Å². The molecular weight excluding hydrogens is 324 g/mol. The molecule has 0 spiro atoms. The van der Waals surface area contributed by atoms with Gasteiger partial charge in [-0.1, -0.05) is 49.3 Å². The molecule has 1 aromatic carbocycles. The number of nitrogens with one attached hydrogen (secondary N) is 1. The van der Waals surface area contributed by atoms with Gasteiger partial charge in [-0.05, 0) is 37.2 Å². The van der Waals surface area contributed by atoms with Gasteiger partial charge >= 0.3 is 0 Å². The molecule has 2 unspecified atom stereocenters. The zero-order chi connectivity index (χ0) is 18.4. The Balaban J connectivity index is 1.66. The molecule has 5 heteroatoms. The Hall–Kier alpha value is -2.30. The fourth-order valence-electron chi connectivity index (χ4n) is 3.71. The Morgan fingerprint density at radius 2 is 2.12 bits per heavy atom. The van der Waals surface area contributed by atoms with Crippen LogP contribution in [0.1, 0.15) is 50.1 Å². The molecule has 2 atom stereocenters. The van der Waals surface area contributed by atoms with Gasteiger partial charge in [-0.25, -0.2) is 4.99 Å². The summed E-state index contributed by atoms with van der Waals surface area (Å²) in [5.74, 6) is 3.01. The number of hydrogen-bond donors (Lipinski definition) is 1. The maximum Gasteiger partial charge on any atom is 0.194 e. The molecule has 0 bridgehead atoms. The monoisotopic (exact) mass is 354 g/mol. The summed E-state index contributed by atoms with van der Waals surface area (Å²) in [7, 11) is 0. The second-order valence-electron chi connectivity index (χ2n) is 7.04. The molecular formula is C21H30N4O. The summed E-state index contributed by atoms with van der Waals surface area (Å²) in [4.78, 5) is 7.16. The molecule has 3 rings (SSSR count). The predicted molar refractivity (Wildman–Crippen MR) is 105 cm³/mol. The first-order chi connectivity index (χ1) is 12.7. The number of aryl methyl sites for hydroxylation is 1. The number of guanidine groups is 1. The zero-order valence-corrected chi connectivity index (χ0v) is 16.1. The van der Waals surface area contributed by atoms with Crippen LogP contribution in [0.3, 0.4) is 0 Å². The van der Waals surface area contributed by atoms with Crippen LogP contribution in [-0.2, 0) is 13.0 Å². The van der Waals surface area contributed by atoms with E-state index in [1.54, 1.807) is 0 Å². The van der Waals surface area contributed by atoms with Gasteiger partial charge in [0, 0.05) is 25.7 Å². The van der Waals surface area contributed by atoms with Gasteiger partial charge in [0.05, 0.1) is 5.69 Å². The third-order valence-electron chi connectivity index (χ3n) is 5.12. The smallest absolute Gasteiger partial charge is 0.194 e. The summed E-state index contributed by atoms with van der Waals surface area (Å²) in [5.41, 5.74) is 2.44. The fraction of sp³-hybridized carbons (Fsp3) is 0.524. The minimum Gasteiger partial charge on any atom is -0.359 e. The van der Waals surface area contributed by atoms with Crippen LogP contribution in [0.2, 0.25) is 0 Å². The summed E-state index contributed by atoms with van der Waals surface area (Å²) in [6.45, 7) is 9.96. The Morgan fingerprint density at radius 1 is 1.31 bits per heavy atom. The quantitative estimate of drug-likeness (QED) is 0.655. The molecule has 140 valence electrons. The number of likely N-dealkylation sites (tertiary alicyclic amines) is 1. The fourth-order valence-corrected chi connectivity index (χ4v) is 3.71. The van der Waals surface area contributed by atoms with E-state index in [1.807, 2.05) is 6.07 Å². The van der Waals surface area contributed by atoms with Crippen LogP contribution in [0.5, 0.6) is 0 Å². The number of rotatable bonds is 5. The van der Waals surface area contributed by atoms with Crippen molar-refractivity contribution in [2.45, 2.75) is 46.1 Å². The molecule has 0 radical (unpaired) electrons. The first-order valence-electron chi connectivity index (χ1n) is 9.73. The number of aromatic nitrogens is 1. The van der Waals surface area contributed by atoms with Gasteiger partial charge < -0.3 is 14.7 Å². The highest BCUT2D eigenvalue weighted by atomic mass is 16.5. The normalized spacial score (nSPS) is 21.0. The van der Waals surface area contributed by atoms with Crippen LogP contribution in [0, 0.1) is 5.92 Å². The molecule has 1 aromatic heterocycles. The topological polar surface area (TPSA) is 53.7 Å². The van der Waals surface area contributed by atoms with Crippen molar-refractivity contribution in [3.05, 3.63) is 53.4 Å². The Morgan fingerprint density at radius 3 is 2.77 bits per heavy atom. The van der Waals surface area contributed by atoms with Crippen molar-refractivity contribution in [3.8, 4) is 0 Å². The molecule has 1 saturated heterocycles. The number of piperidine rings is 1. The van der Waals surface area contributed by atoms with Crippen molar-refractivity contribution in [1.82, 2.24) is 15.4 Å². The summed E-state index contributed by atoms with van der Waals surface area (Å²) in [6.07, 6.45) is 2.04. The average molecular weight is 354 g/mol. The summed E-state index contributed by atoms with van der Waals surface area (Å²) in [5, 5.41) is 7.48. The molecule has 5 nitrogen and oxygen atoms in total. The van der Waals surface area contributed by atoms with Gasteiger partial charge in [0.25, 0.3) is 0 Å². The SMILES string of the molecule is CCNC(=NCc1cc(CC)no1)N1CCC(c2ccccc2)C(C)C1. The second-order valence-corrected chi connectivity index (χ2v) is 7.04. The van der Waals surface area contributed by atoms with Crippen molar-refractivity contribution in [2.75, 3.05) is 19.6 Å². The molecule has 0 amide bonds. The van der Waals surface area contributed by atoms with Gasteiger partial charge in [-0.15, -0.1) is 0 Å². The highest BCUT2D eigenvalue weighted by molar-refractivity contribution is 5.80. The maximum atomic E-state index is 5.36. The highest BCUT2D eigenvalue weighted by Gasteiger charge is 2.28. The van der Waals surface area contributed by atoms with E-state index < -0.39 is 0 Å². The van der Waals surface area contributed by atoms with Gasteiger partial charge in [-0.2, -0.15) is 0 Å². The van der Waals surface area contributed by atoms with Crippen molar-refractivity contribution in [1.29, 1.82) is 0 Å². The van der Waals surface area contributed by atoms with Crippen LogP contribution >= 0.6 is 0 Å². The summed E-state index contributed by atoms with van der Waals surface area (Å²) in [6, 6.07) is 12.9. The van der Waals surface area contributed by atoms with Crippen LogP contribution in [0.15, 0.2) is 45.9 Å². The van der Waals surface area contributed by atoms with E-state index in [0.717, 1.165) is 49.9 Å². The highest BCUT2D eigenvalue weighted by Crippen LogP contribution is 2.32. The lowest BCUT2D eigenvalue weighted by molar-refractivity contribution is 0.234. The van der Waals surface area contributed by atoms with Crippen LogP contribution < -0.4 is 5.32 Å². The van der Waals surface area contributed by atoms with Crippen molar-refractivity contribution in [2.24, 2.45) is 10.9 Å². The molecule has 1 fully saturated rings. The lowest BCUT2D eigenvalue weighted by Crippen LogP contribution is -2.48. The molecule has 1 aliphatic rings. The summed E-state index contributed by atoms with van der Waals surface area (Å²) >= 11 is 0. The molecule has 0 saturated carbocycles. The van der Waals surface area contributed by atoms with E-state index in [4.69, 9.17) is 9.52 Å². The van der Waals surface area contributed by atoms with E-state index >= 15 is 0 Å². The van der Waals surface area contributed by atoms with Crippen molar-refractivity contribution >= 4 is 5.96 Å². The number of benzene rings is 1. The predicted octanol–water partition coefficient (Wildman–Crippen LogP) is 3.83. The molecule has 2 aromatic rings. The first kappa shape index (κ1) is 18.5. The molecule has 0 aliphatic carbocycles. The third kappa shape index (κ3) is 4.45. The van der Waals surface area contributed by atoms with Gasteiger partial charge in [0.15, 0.2) is 11.7 Å². The standard InChI is InChI=1S/C21H30N4O/c1-4-18-13-19(26-24-18)14-23-21(22-5-2)25-12-11-20(16(3)15-25)17-9-7-6-8-10-17/h6-10,13,16,20H,4-5,11-12,14-15H2,1-3H3,(H,22,23). The Kier molecular flexibility index (Phi) is 6.31. The largest absolute Gasteiger partial charge is 0.359 e. The van der Waals surface area contributed by atoms with Gasteiger partial charge in [0.2, 0.25) is 0 Å². The van der Waals surface area contributed by atoms with Crippen molar-refractivity contribution in [3.63, 3.8) is 0 Å². The van der Waals surface area contributed by atoms with E-state index in [1.165, 1.54) is 5.56 Å². The van der Waals surface area contributed by atoms with Crippen molar-refractivity contribution < 1.29 is 4.52 Å². The second kappa shape index (κ2) is 8.88. The minimum absolute atomic E-state index is 0.530. The number of nitrogens with zero attached hydrogens (tertiary/aromatic N) is 3. The van der Waals surface area contributed by atoms with E-state index in [2.05, 4.69) is 66.5 Å². The van der Waals surface area contributed by atoms with Gasteiger partial charge in [0.1, 0.15) is 6.54 Å². The molecule has 1 aliphatic heterocycles. The minimum atomic E-state index is 0.530. The Bertz CT molecular complexity index is 710. The lowest BCUT2D eigenvalue weighted by Gasteiger charge is -2.39. The van der Waals surface area contributed by atoms with E-state index in [0.29, 0.717) is 18.4 Å². The Labute approximate surface area is 156 Å². The number of aliphatic imine (C=N–C) groups is 1. The lowest BCUT2D eigenvalue weighted by atomic mass is 9.82. The maximum absolute atomic E-state index is 5.36. The van der Waals surface area contributed by atoms with Crippen LogP contribution in [0.25, 0.3) is 0 Å². The summed E-state index contributed by atoms with van der Waals surface area (Å²) < 4.78 is 5.36. The number of hydrogen-bond acceptors (Lipinski definition) is 3. The molecule has 26 heavy (non-hydrogen) atoms. The average Bonchev–Trinajstić information content (AvgIpc) is 3.14. The van der Waals surface area contributed by atoms with Crippen LogP contribution in [0.4, 0.5) is 0 Å². The molecule has 1 N–H and O–H groups in total.